The second-order valence-corrected chi connectivity index (χ2v) is 6.62. The van der Waals surface area contributed by atoms with Gasteiger partial charge in [-0.3, -0.25) is 0 Å². The zero-order chi connectivity index (χ0) is 13.5. The van der Waals surface area contributed by atoms with Crippen molar-refractivity contribution in [2.45, 2.75) is 51.3 Å². The Morgan fingerprint density at radius 3 is 2.95 bits per heavy atom. The molecule has 0 aromatic heterocycles. The largest absolute Gasteiger partial charge is 0.309 e. The topological polar surface area (TPSA) is 12.0 Å². The van der Waals surface area contributed by atoms with Crippen molar-refractivity contribution in [2.24, 2.45) is 5.92 Å². The molecule has 19 heavy (non-hydrogen) atoms. The molecular weight excluding hydrogens is 250 g/mol. The molecule has 2 unspecified atom stereocenters. The van der Waals surface area contributed by atoms with Crippen LogP contribution in [0.5, 0.6) is 0 Å². The first-order valence-electron chi connectivity index (χ1n) is 7.74. The second kappa shape index (κ2) is 7.96. The number of nitrogens with one attached hydrogen (secondary N) is 1. The lowest BCUT2D eigenvalue weighted by Gasteiger charge is -2.28. The number of rotatable bonds is 7. The van der Waals surface area contributed by atoms with Gasteiger partial charge in [-0.05, 0) is 30.0 Å². The zero-order valence-corrected chi connectivity index (χ0v) is 13.1. The minimum Gasteiger partial charge on any atom is -0.309 e. The molecule has 1 heterocycles. The van der Waals surface area contributed by atoms with Crippen LogP contribution in [0, 0.1) is 5.92 Å². The number of benzene rings is 1. The minimum absolute atomic E-state index is 0.561. The lowest BCUT2D eigenvalue weighted by Crippen LogP contribution is -2.31. The van der Waals surface area contributed by atoms with Crippen LogP contribution >= 0.6 is 11.8 Å². The normalized spacial score (nSPS) is 20.0. The lowest BCUT2D eigenvalue weighted by atomic mass is 9.97. The highest BCUT2D eigenvalue weighted by atomic mass is 32.2. The van der Waals surface area contributed by atoms with Crippen molar-refractivity contribution in [3.8, 4) is 0 Å². The van der Waals surface area contributed by atoms with Crippen LogP contribution in [0.1, 0.15) is 56.7 Å². The van der Waals surface area contributed by atoms with Gasteiger partial charge in [-0.2, -0.15) is 11.8 Å². The van der Waals surface area contributed by atoms with Crippen LogP contribution in [0.2, 0.25) is 0 Å². The highest BCUT2D eigenvalue weighted by molar-refractivity contribution is 7.98. The van der Waals surface area contributed by atoms with Crippen LogP contribution < -0.4 is 5.32 Å². The average Bonchev–Trinajstić information content (AvgIpc) is 2.47. The second-order valence-electron chi connectivity index (χ2n) is 5.59. The number of hydrogen-bond donors (Lipinski definition) is 1. The molecule has 1 N–H and O–H groups in total. The highest BCUT2D eigenvalue weighted by Gasteiger charge is 2.20. The molecule has 0 amide bonds. The van der Waals surface area contributed by atoms with E-state index in [0.29, 0.717) is 6.04 Å². The molecule has 1 aromatic rings. The molecule has 1 aliphatic rings. The SMILES string of the molecule is CCCCC(CC)CNC1CSCc2ccccc21. The molecular formula is C17H27NS. The van der Waals surface area contributed by atoms with Gasteiger partial charge in [-0.15, -0.1) is 0 Å². The Balaban J connectivity index is 1.89. The molecule has 1 nitrogen and oxygen atoms in total. The van der Waals surface area contributed by atoms with E-state index >= 15 is 0 Å². The first kappa shape index (κ1) is 14.9. The van der Waals surface area contributed by atoms with E-state index in [1.54, 1.807) is 0 Å². The molecule has 0 saturated carbocycles. The van der Waals surface area contributed by atoms with Crippen molar-refractivity contribution in [1.29, 1.82) is 0 Å². The summed E-state index contributed by atoms with van der Waals surface area (Å²) in [4.78, 5) is 0. The first-order valence-corrected chi connectivity index (χ1v) is 8.89. The Morgan fingerprint density at radius 1 is 1.32 bits per heavy atom. The number of unbranched alkanes of at least 4 members (excludes halogenated alkanes) is 1. The van der Waals surface area contributed by atoms with E-state index < -0.39 is 0 Å². The van der Waals surface area contributed by atoms with E-state index in [-0.39, 0.29) is 0 Å². The van der Waals surface area contributed by atoms with E-state index in [1.165, 1.54) is 54.9 Å². The van der Waals surface area contributed by atoms with Gasteiger partial charge in [0, 0.05) is 17.5 Å². The fourth-order valence-corrected chi connectivity index (χ4v) is 3.94. The molecule has 0 radical (unpaired) electrons. The van der Waals surface area contributed by atoms with Crippen LogP contribution in [0.15, 0.2) is 24.3 Å². The van der Waals surface area contributed by atoms with Crippen LogP contribution in [0.3, 0.4) is 0 Å². The predicted octanol–water partition coefficient (Wildman–Crippen LogP) is 4.78. The van der Waals surface area contributed by atoms with Gasteiger partial charge in [0.15, 0.2) is 0 Å². The van der Waals surface area contributed by atoms with Gasteiger partial charge >= 0.3 is 0 Å². The van der Waals surface area contributed by atoms with Crippen molar-refractivity contribution in [3.63, 3.8) is 0 Å². The van der Waals surface area contributed by atoms with Gasteiger partial charge in [0.1, 0.15) is 0 Å². The number of thioether (sulfide) groups is 1. The summed E-state index contributed by atoms with van der Waals surface area (Å²) < 4.78 is 0. The van der Waals surface area contributed by atoms with Gasteiger partial charge in [0.25, 0.3) is 0 Å². The maximum atomic E-state index is 3.82. The summed E-state index contributed by atoms with van der Waals surface area (Å²) in [6.45, 7) is 5.79. The molecule has 0 fully saturated rings. The summed E-state index contributed by atoms with van der Waals surface area (Å²) >= 11 is 2.06. The molecule has 2 atom stereocenters. The van der Waals surface area contributed by atoms with Crippen LogP contribution in [-0.4, -0.2) is 12.3 Å². The fraction of sp³-hybridized carbons (Fsp3) is 0.647. The fourth-order valence-electron chi connectivity index (χ4n) is 2.80. The van der Waals surface area contributed by atoms with Crippen LogP contribution in [-0.2, 0) is 5.75 Å². The van der Waals surface area contributed by atoms with Crippen molar-refractivity contribution >= 4 is 11.8 Å². The standard InChI is InChI=1S/C17H27NS/c1-3-5-8-14(4-2)11-18-17-13-19-12-15-9-6-7-10-16(15)17/h6-7,9-10,14,17-18H,3-5,8,11-13H2,1-2H3. The Kier molecular flexibility index (Phi) is 6.25. The van der Waals surface area contributed by atoms with Gasteiger partial charge in [0.2, 0.25) is 0 Å². The molecule has 1 aromatic carbocycles. The Morgan fingerprint density at radius 2 is 2.16 bits per heavy atom. The average molecular weight is 277 g/mol. The number of hydrogen-bond acceptors (Lipinski definition) is 2. The third-order valence-corrected chi connectivity index (χ3v) is 5.25. The van der Waals surface area contributed by atoms with Crippen molar-refractivity contribution < 1.29 is 0 Å². The Labute approximate surface area is 122 Å². The molecule has 1 aliphatic heterocycles. The Hall–Kier alpha value is -0.470. The van der Waals surface area contributed by atoms with Gasteiger partial charge in [-0.1, -0.05) is 57.4 Å². The van der Waals surface area contributed by atoms with E-state index in [4.69, 9.17) is 0 Å². The lowest BCUT2D eigenvalue weighted by molar-refractivity contribution is 0.399. The first-order chi connectivity index (χ1) is 9.35. The molecule has 2 rings (SSSR count). The summed E-state index contributed by atoms with van der Waals surface area (Å²) in [6.07, 6.45) is 5.37. The highest BCUT2D eigenvalue weighted by Crippen LogP contribution is 2.31. The maximum Gasteiger partial charge on any atom is 0.0415 e. The summed E-state index contributed by atoms with van der Waals surface area (Å²) in [5, 5.41) is 3.82. The molecule has 106 valence electrons. The van der Waals surface area contributed by atoms with Gasteiger partial charge in [0.05, 0.1) is 0 Å². The summed E-state index contributed by atoms with van der Waals surface area (Å²) in [7, 11) is 0. The summed E-state index contributed by atoms with van der Waals surface area (Å²) in [5.74, 6) is 3.25. The minimum atomic E-state index is 0.561. The number of fused-ring (bicyclic) bond motifs is 1. The van der Waals surface area contributed by atoms with Crippen LogP contribution in [0.25, 0.3) is 0 Å². The van der Waals surface area contributed by atoms with Gasteiger partial charge < -0.3 is 5.32 Å². The molecule has 0 spiro atoms. The maximum absolute atomic E-state index is 3.82. The Bertz CT molecular complexity index is 377. The molecule has 0 saturated heterocycles. The van der Waals surface area contributed by atoms with E-state index in [9.17, 15) is 0 Å². The molecule has 2 heteroatoms. The predicted molar refractivity (Wildman–Crippen MR) is 86.7 cm³/mol. The van der Waals surface area contributed by atoms with Crippen LogP contribution in [0.4, 0.5) is 0 Å². The third-order valence-electron chi connectivity index (χ3n) is 4.17. The third kappa shape index (κ3) is 4.25. The quantitative estimate of drug-likeness (QED) is 0.769. The summed E-state index contributed by atoms with van der Waals surface area (Å²) in [5.41, 5.74) is 3.06. The zero-order valence-electron chi connectivity index (χ0n) is 12.3. The monoisotopic (exact) mass is 277 g/mol. The van der Waals surface area contributed by atoms with E-state index in [2.05, 4.69) is 55.2 Å². The van der Waals surface area contributed by atoms with Crippen molar-refractivity contribution in [1.82, 2.24) is 5.32 Å². The smallest absolute Gasteiger partial charge is 0.0415 e. The summed E-state index contributed by atoms with van der Waals surface area (Å²) in [6, 6.07) is 9.49. The van der Waals surface area contributed by atoms with E-state index in [0.717, 1.165) is 5.92 Å². The van der Waals surface area contributed by atoms with Crippen molar-refractivity contribution in [3.05, 3.63) is 35.4 Å². The van der Waals surface area contributed by atoms with Gasteiger partial charge in [-0.25, -0.2) is 0 Å². The molecule has 0 aliphatic carbocycles. The molecule has 0 bridgehead atoms. The van der Waals surface area contributed by atoms with Crippen molar-refractivity contribution in [2.75, 3.05) is 12.3 Å². The van der Waals surface area contributed by atoms with E-state index in [1.807, 2.05) is 0 Å².